The summed E-state index contributed by atoms with van der Waals surface area (Å²) in [5.74, 6) is 1.42. The third-order valence-electron chi connectivity index (χ3n) is 3.61. The monoisotopic (exact) mass is 303 g/mol. The molecule has 0 bridgehead atoms. The van der Waals surface area contributed by atoms with Crippen LogP contribution in [0.1, 0.15) is 11.1 Å². The van der Waals surface area contributed by atoms with E-state index in [-0.39, 0.29) is 0 Å². The van der Waals surface area contributed by atoms with Crippen LogP contribution >= 0.6 is 11.6 Å². The average molecular weight is 304 g/mol. The second kappa shape index (κ2) is 8.06. The van der Waals surface area contributed by atoms with Gasteiger partial charge in [0.1, 0.15) is 5.75 Å². The van der Waals surface area contributed by atoms with E-state index < -0.39 is 0 Å². The molecule has 21 heavy (non-hydrogen) atoms. The van der Waals surface area contributed by atoms with Crippen molar-refractivity contribution in [3.8, 4) is 5.75 Å². The number of halogens is 1. The standard InChI is InChI=1S/C18H22ClNO/c1-20-13-15(10-14-6-4-3-5-7-14)11-16-12-17(19)8-9-18(16)21-2/h3-9,12,15,20H,10-11,13H2,1-2H3. The molecule has 0 saturated carbocycles. The lowest BCUT2D eigenvalue weighted by Gasteiger charge is -2.18. The maximum absolute atomic E-state index is 6.12. The second-order valence-electron chi connectivity index (χ2n) is 5.27. The molecule has 0 aliphatic carbocycles. The van der Waals surface area contributed by atoms with Crippen molar-refractivity contribution in [2.75, 3.05) is 20.7 Å². The van der Waals surface area contributed by atoms with Crippen LogP contribution in [0.25, 0.3) is 0 Å². The molecule has 3 heteroatoms. The van der Waals surface area contributed by atoms with Crippen molar-refractivity contribution in [3.63, 3.8) is 0 Å². The lowest BCUT2D eigenvalue weighted by molar-refractivity contribution is 0.402. The molecule has 0 aliphatic rings. The summed E-state index contributed by atoms with van der Waals surface area (Å²) < 4.78 is 5.45. The zero-order valence-electron chi connectivity index (χ0n) is 12.6. The molecule has 0 heterocycles. The number of rotatable bonds is 7. The van der Waals surface area contributed by atoms with Gasteiger partial charge in [0, 0.05) is 5.02 Å². The van der Waals surface area contributed by atoms with E-state index in [1.807, 2.05) is 25.2 Å². The van der Waals surface area contributed by atoms with Crippen LogP contribution in [0.15, 0.2) is 48.5 Å². The molecule has 0 aromatic heterocycles. The average Bonchev–Trinajstić information content (AvgIpc) is 2.49. The third-order valence-corrected chi connectivity index (χ3v) is 3.85. The van der Waals surface area contributed by atoms with Crippen molar-refractivity contribution in [1.29, 1.82) is 0 Å². The van der Waals surface area contributed by atoms with Crippen LogP contribution < -0.4 is 10.1 Å². The van der Waals surface area contributed by atoms with E-state index in [1.165, 1.54) is 11.1 Å². The number of nitrogens with one attached hydrogen (secondary N) is 1. The van der Waals surface area contributed by atoms with E-state index in [1.54, 1.807) is 7.11 Å². The predicted octanol–water partition coefficient (Wildman–Crippen LogP) is 3.97. The van der Waals surface area contributed by atoms with E-state index in [2.05, 4.69) is 35.6 Å². The van der Waals surface area contributed by atoms with Gasteiger partial charge in [-0.2, -0.15) is 0 Å². The van der Waals surface area contributed by atoms with E-state index in [4.69, 9.17) is 16.3 Å². The van der Waals surface area contributed by atoms with E-state index in [0.29, 0.717) is 5.92 Å². The fourth-order valence-corrected chi connectivity index (χ4v) is 2.86. The number of hydrogen-bond acceptors (Lipinski definition) is 2. The highest BCUT2D eigenvalue weighted by atomic mass is 35.5. The van der Waals surface area contributed by atoms with Gasteiger partial charge in [-0.15, -0.1) is 0 Å². The minimum absolute atomic E-state index is 0.504. The Morgan fingerprint density at radius 1 is 1.10 bits per heavy atom. The van der Waals surface area contributed by atoms with Gasteiger partial charge < -0.3 is 10.1 Å². The predicted molar refractivity (Wildman–Crippen MR) is 89.3 cm³/mol. The Balaban J connectivity index is 2.14. The van der Waals surface area contributed by atoms with Gasteiger partial charge >= 0.3 is 0 Å². The maximum atomic E-state index is 6.12. The van der Waals surface area contributed by atoms with Gasteiger partial charge in [0.2, 0.25) is 0 Å². The molecular weight excluding hydrogens is 282 g/mol. The molecule has 112 valence electrons. The normalized spacial score (nSPS) is 12.1. The summed E-state index contributed by atoms with van der Waals surface area (Å²) in [6.07, 6.45) is 1.98. The van der Waals surface area contributed by atoms with Crippen LogP contribution in [0.3, 0.4) is 0 Å². The molecule has 2 nitrogen and oxygen atoms in total. The van der Waals surface area contributed by atoms with Crippen molar-refractivity contribution in [1.82, 2.24) is 5.32 Å². The minimum Gasteiger partial charge on any atom is -0.496 e. The fraction of sp³-hybridized carbons (Fsp3) is 0.333. The van der Waals surface area contributed by atoms with Crippen LogP contribution in [0.2, 0.25) is 5.02 Å². The highest BCUT2D eigenvalue weighted by molar-refractivity contribution is 6.30. The first kappa shape index (κ1) is 15.9. The highest BCUT2D eigenvalue weighted by Gasteiger charge is 2.13. The Bertz CT molecular complexity index is 556. The number of methoxy groups -OCH3 is 1. The van der Waals surface area contributed by atoms with Gasteiger partial charge in [0.25, 0.3) is 0 Å². The number of hydrogen-bond donors (Lipinski definition) is 1. The molecule has 1 N–H and O–H groups in total. The number of ether oxygens (including phenoxy) is 1. The first-order valence-electron chi connectivity index (χ1n) is 7.24. The lowest BCUT2D eigenvalue weighted by Crippen LogP contribution is -2.23. The van der Waals surface area contributed by atoms with Crippen LogP contribution in [0.4, 0.5) is 0 Å². The Morgan fingerprint density at radius 2 is 1.86 bits per heavy atom. The molecule has 2 rings (SSSR count). The van der Waals surface area contributed by atoms with Crippen LogP contribution in [-0.4, -0.2) is 20.7 Å². The smallest absolute Gasteiger partial charge is 0.122 e. The Labute approximate surface area is 132 Å². The first-order valence-corrected chi connectivity index (χ1v) is 7.61. The molecule has 1 atom stereocenters. The van der Waals surface area contributed by atoms with Gasteiger partial charge in [-0.25, -0.2) is 0 Å². The van der Waals surface area contributed by atoms with Crippen molar-refractivity contribution in [3.05, 3.63) is 64.7 Å². The van der Waals surface area contributed by atoms with Gasteiger partial charge in [-0.1, -0.05) is 41.9 Å². The van der Waals surface area contributed by atoms with Gasteiger partial charge in [0.05, 0.1) is 7.11 Å². The minimum atomic E-state index is 0.504. The topological polar surface area (TPSA) is 21.3 Å². The van der Waals surface area contributed by atoms with Crippen LogP contribution in [0, 0.1) is 5.92 Å². The van der Waals surface area contributed by atoms with Gasteiger partial charge in [-0.05, 0) is 61.7 Å². The van der Waals surface area contributed by atoms with Crippen LogP contribution in [-0.2, 0) is 12.8 Å². The summed E-state index contributed by atoms with van der Waals surface area (Å²) in [6, 6.07) is 16.4. The number of benzene rings is 2. The molecule has 0 fully saturated rings. The lowest BCUT2D eigenvalue weighted by atomic mass is 9.92. The molecule has 1 unspecified atom stereocenters. The van der Waals surface area contributed by atoms with Crippen molar-refractivity contribution in [2.45, 2.75) is 12.8 Å². The molecule has 0 amide bonds. The third kappa shape index (κ3) is 4.76. The van der Waals surface area contributed by atoms with Crippen LogP contribution in [0.5, 0.6) is 5.75 Å². The summed E-state index contributed by atoms with van der Waals surface area (Å²) in [5, 5.41) is 4.04. The Morgan fingerprint density at radius 3 is 2.52 bits per heavy atom. The highest BCUT2D eigenvalue weighted by Crippen LogP contribution is 2.26. The summed E-state index contributed by atoms with van der Waals surface area (Å²) >= 11 is 6.12. The molecular formula is C18H22ClNO. The summed E-state index contributed by atoms with van der Waals surface area (Å²) in [6.45, 7) is 0.963. The van der Waals surface area contributed by atoms with Gasteiger partial charge in [0.15, 0.2) is 0 Å². The largest absolute Gasteiger partial charge is 0.496 e. The van der Waals surface area contributed by atoms with E-state index >= 15 is 0 Å². The van der Waals surface area contributed by atoms with Crippen molar-refractivity contribution in [2.24, 2.45) is 5.92 Å². The van der Waals surface area contributed by atoms with Crippen molar-refractivity contribution < 1.29 is 4.74 Å². The zero-order chi connectivity index (χ0) is 15.1. The van der Waals surface area contributed by atoms with E-state index in [9.17, 15) is 0 Å². The molecule has 0 saturated heterocycles. The van der Waals surface area contributed by atoms with Crippen molar-refractivity contribution >= 4 is 11.6 Å². The molecule has 0 spiro atoms. The maximum Gasteiger partial charge on any atom is 0.122 e. The molecule has 2 aromatic carbocycles. The summed E-state index contributed by atoms with van der Waals surface area (Å²) in [4.78, 5) is 0. The SMILES string of the molecule is CNCC(Cc1ccccc1)Cc1cc(Cl)ccc1OC. The Hall–Kier alpha value is -1.51. The fourth-order valence-electron chi connectivity index (χ4n) is 2.67. The molecule has 0 radical (unpaired) electrons. The summed E-state index contributed by atoms with van der Waals surface area (Å²) in [5.41, 5.74) is 2.53. The molecule has 0 aliphatic heterocycles. The first-order chi connectivity index (χ1) is 10.2. The van der Waals surface area contributed by atoms with E-state index in [0.717, 1.165) is 30.2 Å². The van der Waals surface area contributed by atoms with Gasteiger partial charge in [-0.3, -0.25) is 0 Å². The quantitative estimate of drug-likeness (QED) is 0.835. The Kier molecular flexibility index (Phi) is 6.09. The zero-order valence-corrected chi connectivity index (χ0v) is 13.4. The second-order valence-corrected chi connectivity index (χ2v) is 5.71. The molecule has 2 aromatic rings. The summed E-state index contributed by atoms with van der Waals surface area (Å²) in [7, 11) is 3.70.